The highest BCUT2D eigenvalue weighted by molar-refractivity contribution is 9.10. The molecule has 20 heavy (non-hydrogen) atoms. The van der Waals surface area contributed by atoms with Crippen molar-refractivity contribution in [1.29, 1.82) is 0 Å². The molecule has 0 spiro atoms. The molecular weight excluding hydrogens is 334 g/mol. The van der Waals surface area contributed by atoms with Crippen LogP contribution in [-0.4, -0.2) is 6.54 Å². The fourth-order valence-electron chi connectivity index (χ4n) is 2.40. The summed E-state index contributed by atoms with van der Waals surface area (Å²) in [6.45, 7) is 5.14. The number of hydrogen-bond donors (Lipinski definition) is 1. The summed E-state index contributed by atoms with van der Waals surface area (Å²) in [6.07, 6.45) is 0.940. The Kier molecular flexibility index (Phi) is 5.64. The zero-order valence-electron chi connectivity index (χ0n) is 11.8. The van der Waals surface area contributed by atoms with Crippen LogP contribution in [0.5, 0.6) is 0 Å². The van der Waals surface area contributed by atoms with Crippen molar-refractivity contribution >= 4 is 27.5 Å². The monoisotopic (exact) mass is 351 g/mol. The van der Waals surface area contributed by atoms with Crippen LogP contribution in [0, 0.1) is 6.92 Å². The highest BCUT2D eigenvalue weighted by atomic mass is 79.9. The lowest BCUT2D eigenvalue weighted by molar-refractivity contribution is 0.549. The van der Waals surface area contributed by atoms with Crippen LogP contribution in [0.4, 0.5) is 0 Å². The molecule has 0 radical (unpaired) electrons. The van der Waals surface area contributed by atoms with Crippen molar-refractivity contribution in [3.8, 4) is 0 Å². The first-order chi connectivity index (χ1) is 9.60. The molecule has 1 nitrogen and oxygen atoms in total. The van der Waals surface area contributed by atoms with Crippen molar-refractivity contribution in [1.82, 2.24) is 5.32 Å². The van der Waals surface area contributed by atoms with Crippen molar-refractivity contribution in [3.63, 3.8) is 0 Å². The van der Waals surface area contributed by atoms with E-state index in [4.69, 9.17) is 11.6 Å². The number of nitrogens with one attached hydrogen (secondary N) is 1. The Bertz CT molecular complexity index is 563. The molecule has 2 rings (SSSR count). The van der Waals surface area contributed by atoms with Gasteiger partial charge in [0.25, 0.3) is 0 Å². The second-order valence-corrected chi connectivity index (χ2v) is 6.26. The summed E-state index contributed by atoms with van der Waals surface area (Å²) in [4.78, 5) is 0. The van der Waals surface area contributed by atoms with Gasteiger partial charge in [0.05, 0.1) is 0 Å². The predicted molar refractivity (Wildman–Crippen MR) is 90.5 cm³/mol. The van der Waals surface area contributed by atoms with Gasteiger partial charge in [0, 0.05) is 15.5 Å². The molecular formula is C17H19BrClN. The van der Waals surface area contributed by atoms with Gasteiger partial charge in [-0.25, -0.2) is 0 Å². The van der Waals surface area contributed by atoms with Gasteiger partial charge in [0.15, 0.2) is 0 Å². The zero-order chi connectivity index (χ0) is 14.5. The third-order valence-electron chi connectivity index (χ3n) is 3.30. The molecule has 1 atom stereocenters. The van der Waals surface area contributed by atoms with Gasteiger partial charge in [-0.1, -0.05) is 58.7 Å². The maximum atomic E-state index is 6.19. The number of aryl methyl sites for hydroxylation is 1. The van der Waals surface area contributed by atoms with Crippen LogP contribution >= 0.6 is 27.5 Å². The van der Waals surface area contributed by atoms with Crippen LogP contribution in [0.1, 0.15) is 29.7 Å². The summed E-state index contributed by atoms with van der Waals surface area (Å²) >= 11 is 9.82. The van der Waals surface area contributed by atoms with Gasteiger partial charge in [0.2, 0.25) is 0 Å². The van der Waals surface area contributed by atoms with Gasteiger partial charge in [-0.2, -0.15) is 0 Å². The smallest absolute Gasteiger partial charge is 0.0411 e. The molecule has 0 amide bonds. The summed E-state index contributed by atoms with van der Waals surface area (Å²) in [5, 5.41) is 4.35. The van der Waals surface area contributed by atoms with E-state index in [0.29, 0.717) is 0 Å². The molecule has 0 fully saturated rings. The largest absolute Gasteiger partial charge is 0.310 e. The minimum atomic E-state index is 0.274. The van der Waals surface area contributed by atoms with Crippen molar-refractivity contribution in [2.45, 2.75) is 26.3 Å². The van der Waals surface area contributed by atoms with Gasteiger partial charge in [-0.3, -0.25) is 0 Å². The average molecular weight is 353 g/mol. The minimum absolute atomic E-state index is 0.274. The lowest BCUT2D eigenvalue weighted by Crippen LogP contribution is -2.23. The van der Waals surface area contributed by atoms with Crippen molar-refractivity contribution in [2.75, 3.05) is 6.54 Å². The summed E-state index contributed by atoms with van der Waals surface area (Å²) in [6, 6.07) is 14.9. The number of hydrogen-bond acceptors (Lipinski definition) is 1. The summed E-state index contributed by atoms with van der Waals surface area (Å²) in [7, 11) is 0. The third kappa shape index (κ3) is 4.08. The van der Waals surface area contributed by atoms with E-state index >= 15 is 0 Å². The van der Waals surface area contributed by atoms with Gasteiger partial charge in [0.1, 0.15) is 0 Å². The van der Waals surface area contributed by atoms with E-state index < -0.39 is 0 Å². The first kappa shape index (κ1) is 15.6. The van der Waals surface area contributed by atoms with E-state index in [1.54, 1.807) is 0 Å². The zero-order valence-corrected chi connectivity index (χ0v) is 14.1. The number of benzene rings is 2. The van der Waals surface area contributed by atoms with Gasteiger partial charge in [-0.15, -0.1) is 0 Å². The predicted octanol–water partition coefficient (Wildman–Crippen LogP) is 5.30. The quantitative estimate of drug-likeness (QED) is 0.769. The molecule has 0 aliphatic rings. The molecule has 0 bridgehead atoms. The molecule has 0 aliphatic heterocycles. The first-order valence-electron chi connectivity index (χ1n) is 6.84. The Hall–Kier alpha value is -0.830. The van der Waals surface area contributed by atoms with Gasteiger partial charge in [-0.05, 0) is 54.8 Å². The van der Waals surface area contributed by atoms with Gasteiger partial charge < -0.3 is 5.32 Å². The molecule has 106 valence electrons. The van der Waals surface area contributed by atoms with Crippen molar-refractivity contribution in [3.05, 3.63) is 68.7 Å². The molecule has 1 N–H and O–H groups in total. The molecule has 0 saturated heterocycles. The number of halogens is 2. The van der Waals surface area contributed by atoms with Crippen LogP contribution in [0.2, 0.25) is 5.02 Å². The third-order valence-corrected chi connectivity index (χ3v) is 4.29. The Balaban J connectivity index is 2.29. The second kappa shape index (κ2) is 7.26. The minimum Gasteiger partial charge on any atom is -0.310 e. The van der Waals surface area contributed by atoms with Crippen LogP contribution < -0.4 is 5.32 Å². The van der Waals surface area contributed by atoms with E-state index in [9.17, 15) is 0 Å². The summed E-state index contributed by atoms with van der Waals surface area (Å²) in [5.41, 5.74) is 3.74. The number of likely N-dealkylation sites (N-methyl/N-ethyl adjacent to an activating group) is 1. The maximum Gasteiger partial charge on any atom is 0.0411 e. The second-order valence-electron chi connectivity index (χ2n) is 4.97. The molecule has 0 heterocycles. The molecule has 0 aromatic heterocycles. The molecule has 3 heteroatoms. The van der Waals surface area contributed by atoms with Gasteiger partial charge >= 0.3 is 0 Å². The highest BCUT2D eigenvalue weighted by Crippen LogP contribution is 2.26. The summed E-state index contributed by atoms with van der Waals surface area (Å²) < 4.78 is 1.15. The van der Waals surface area contributed by atoms with E-state index in [1.165, 1.54) is 16.7 Å². The van der Waals surface area contributed by atoms with E-state index in [0.717, 1.165) is 22.5 Å². The van der Waals surface area contributed by atoms with Crippen molar-refractivity contribution < 1.29 is 0 Å². The molecule has 2 aromatic carbocycles. The highest BCUT2D eigenvalue weighted by Gasteiger charge is 2.13. The SMILES string of the molecule is CCNC(Cc1ccccc1Br)c1cc(C)cc(Cl)c1. The molecule has 2 aromatic rings. The standard InChI is InChI=1S/C17H19BrClN/c1-3-20-17(11-13-6-4-5-7-16(13)18)14-8-12(2)9-15(19)10-14/h4-10,17,20H,3,11H2,1-2H3. The molecule has 1 unspecified atom stereocenters. The van der Waals surface area contributed by atoms with E-state index in [1.807, 2.05) is 12.1 Å². The lowest BCUT2D eigenvalue weighted by Gasteiger charge is -2.20. The fourth-order valence-corrected chi connectivity index (χ4v) is 3.15. The normalized spacial score (nSPS) is 12.4. The van der Waals surface area contributed by atoms with Crippen LogP contribution in [-0.2, 0) is 6.42 Å². The Morgan fingerprint density at radius 3 is 2.60 bits per heavy atom. The molecule has 0 aliphatic carbocycles. The van der Waals surface area contributed by atoms with Crippen LogP contribution in [0.3, 0.4) is 0 Å². The van der Waals surface area contributed by atoms with Crippen LogP contribution in [0.15, 0.2) is 46.9 Å². The number of rotatable bonds is 5. The Morgan fingerprint density at radius 1 is 1.20 bits per heavy atom. The lowest BCUT2D eigenvalue weighted by atomic mass is 9.97. The van der Waals surface area contributed by atoms with E-state index in [2.05, 4.69) is 65.4 Å². The van der Waals surface area contributed by atoms with Crippen LogP contribution in [0.25, 0.3) is 0 Å². The molecule has 0 saturated carbocycles. The average Bonchev–Trinajstić information content (AvgIpc) is 2.39. The maximum absolute atomic E-state index is 6.19. The first-order valence-corrected chi connectivity index (χ1v) is 8.01. The van der Waals surface area contributed by atoms with E-state index in [-0.39, 0.29) is 6.04 Å². The Labute approximate surface area is 134 Å². The summed E-state index contributed by atoms with van der Waals surface area (Å²) in [5.74, 6) is 0. The Morgan fingerprint density at radius 2 is 1.95 bits per heavy atom. The topological polar surface area (TPSA) is 12.0 Å². The fraction of sp³-hybridized carbons (Fsp3) is 0.294. The van der Waals surface area contributed by atoms with Crippen molar-refractivity contribution in [2.24, 2.45) is 0 Å².